The first-order valence-electron chi connectivity index (χ1n) is 5.16. The first-order valence-corrected chi connectivity index (χ1v) is 5.16. The third kappa shape index (κ3) is 2.48. The third-order valence-corrected chi connectivity index (χ3v) is 2.97. The van der Waals surface area contributed by atoms with E-state index >= 15 is 0 Å². The van der Waals surface area contributed by atoms with E-state index in [4.69, 9.17) is 10.8 Å². The van der Waals surface area contributed by atoms with Crippen LogP contribution in [0.1, 0.15) is 18.9 Å². The van der Waals surface area contributed by atoms with Gasteiger partial charge in [0.2, 0.25) is 0 Å². The van der Waals surface area contributed by atoms with E-state index in [1.165, 1.54) is 0 Å². The molecule has 3 N–H and O–H groups in total. The van der Waals surface area contributed by atoms with Crippen molar-refractivity contribution in [2.45, 2.75) is 24.8 Å². The van der Waals surface area contributed by atoms with Crippen molar-refractivity contribution in [2.75, 3.05) is 0 Å². The van der Waals surface area contributed by atoms with Crippen LogP contribution in [0.15, 0.2) is 29.3 Å². The van der Waals surface area contributed by atoms with Crippen LogP contribution in [0.5, 0.6) is 0 Å². The highest BCUT2D eigenvalue weighted by atomic mass is 35.5. The van der Waals surface area contributed by atoms with Gasteiger partial charge in [0.15, 0.2) is 0 Å². The van der Waals surface area contributed by atoms with Gasteiger partial charge >= 0.3 is 5.97 Å². The topological polar surface area (TPSA) is 75.7 Å². The number of benzene rings is 1. The van der Waals surface area contributed by atoms with Crippen molar-refractivity contribution in [3.8, 4) is 0 Å². The molecule has 1 aromatic carbocycles. The van der Waals surface area contributed by atoms with Crippen molar-refractivity contribution in [1.29, 1.82) is 0 Å². The Balaban J connectivity index is 0.00000144. The van der Waals surface area contributed by atoms with Crippen LogP contribution in [0.2, 0.25) is 0 Å². The van der Waals surface area contributed by atoms with Gasteiger partial charge in [-0.3, -0.25) is 9.79 Å². The number of hydrogen-bond donors (Lipinski definition) is 2. The van der Waals surface area contributed by atoms with E-state index in [-0.39, 0.29) is 17.8 Å². The van der Waals surface area contributed by atoms with Gasteiger partial charge in [-0.1, -0.05) is 25.1 Å². The fraction of sp³-hybridized carbons (Fsp3) is 0.333. The van der Waals surface area contributed by atoms with Gasteiger partial charge in [-0.15, -0.1) is 12.4 Å². The van der Waals surface area contributed by atoms with Gasteiger partial charge < -0.3 is 10.8 Å². The zero-order chi connectivity index (χ0) is 11.8. The summed E-state index contributed by atoms with van der Waals surface area (Å²) in [5.41, 5.74) is 7.16. The SMILES string of the molecule is CC1(C[C@H](N)C(=O)O)C=Nc2ccccc21.Cl. The Morgan fingerprint density at radius 1 is 1.53 bits per heavy atom. The van der Waals surface area contributed by atoms with Gasteiger partial charge in [0.25, 0.3) is 0 Å². The Bertz CT molecular complexity index is 462. The molecule has 1 heterocycles. The number of aliphatic imine (C=N–C) groups is 1. The number of hydrogen-bond acceptors (Lipinski definition) is 3. The first-order chi connectivity index (χ1) is 7.53. The molecule has 0 aromatic heterocycles. The molecule has 0 bridgehead atoms. The van der Waals surface area contributed by atoms with Gasteiger partial charge in [0, 0.05) is 11.6 Å². The van der Waals surface area contributed by atoms with E-state index in [9.17, 15) is 4.79 Å². The summed E-state index contributed by atoms with van der Waals surface area (Å²) in [7, 11) is 0. The molecule has 1 aliphatic rings. The number of para-hydroxylation sites is 1. The molecular formula is C12H15ClN2O2. The fourth-order valence-electron chi connectivity index (χ4n) is 2.06. The van der Waals surface area contributed by atoms with Crippen molar-refractivity contribution in [3.63, 3.8) is 0 Å². The normalized spacial score (nSPS) is 22.7. The second-order valence-electron chi connectivity index (χ2n) is 4.34. The lowest BCUT2D eigenvalue weighted by Gasteiger charge is -2.24. The van der Waals surface area contributed by atoms with Gasteiger partial charge in [-0.25, -0.2) is 0 Å². The van der Waals surface area contributed by atoms with Crippen LogP contribution in [-0.4, -0.2) is 23.3 Å². The number of nitrogens with two attached hydrogens (primary N) is 1. The summed E-state index contributed by atoms with van der Waals surface area (Å²) < 4.78 is 0. The van der Waals surface area contributed by atoms with Crippen LogP contribution in [0.25, 0.3) is 0 Å². The molecule has 1 aromatic rings. The van der Waals surface area contributed by atoms with Crippen LogP contribution >= 0.6 is 12.4 Å². The molecule has 0 saturated heterocycles. The minimum atomic E-state index is -0.973. The summed E-state index contributed by atoms with van der Waals surface area (Å²) >= 11 is 0. The number of fused-ring (bicyclic) bond motifs is 1. The predicted octanol–water partition coefficient (Wildman–Crippen LogP) is 1.88. The van der Waals surface area contributed by atoms with E-state index in [0.29, 0.717) is 6.42 Å². The van der Waals surface area contributed by atoms with E-state index in [0.717, 1.165) is 11.3 Å². The van der Waals surface area contributed by atoms with E-state index in [1.54, 1.807) is 6.21 Å². The maximum absolute atomic E-state index is 10.8. The van der Waals surface area contributed by atoms with Gasteiger partial charge in [-0.2, -0.15) is 0 Å². The fourth-order valence-corrected chi connectivity index (χ4v) is 2.06. The van der Waals surface area contributed by atoms with E-state index in [1.807, 2.05) is 31.2 Å². The molecule has 0 amide bonds. The van der Waals surface area contributed by atoms with Crippen molar-refractivity contribution >= 4 is 30.3 Å². The second-order valence-corrected chi connectivity index (χ2v) is 4.34. The summed E-state index contributed by atoms with van der Waals surface area (Å²) in [6.45, 7) is 1.96. The lowest BCUT2D eigenvalue weighted by molar-refractivity contribution is -0.138. The van der Waals surface area contributed by atoms with Crippen LogP contribution in [-0.2, 0) is 10.2 Å². The molecule has 1 unspecified atom stereocenters. The summed E-state index contributed by atoms with van der Waals surface area (Å²) in [4.78, 5) is 15.1. The highest BCUT2D eigenvalue weighted by molar-refractivity contribution is 5.86. The van der Waals surface area contributed by atoms with Crippen LogP contribution in [0, 0.1) is 0 Å². The van der Waals surface area contributed by atoms with E-state index in [2.05, 4.69) is 4.99 Å². The molecule has 0 fully saturated rings. The third-order valence-electron chi connectivity index (χ3n) is 2.97. The minimum Gasteiger partial charge on any atom is -0.480 e. The summed E-state index contributed by atoms with van der Waals surface area (Å²) in [6, 6.07) is 6.87. The first kappa shape index (κ1) is 13.7. The lowest BCUT2D eigenvalue weighted by atomic mass is 9.79. The van der Waals surface area contributed by atoms with E-state index < -0.39 is 12.0 Å². The molecule has 0 spiro atoms. The predicted molar refractivity (Wildman–Crippen MR) is 69.4 cm³/mol. The van der Waals surface area contributed by atoms with Crippen LogP contribution in [0.3, 0.4) is 0 Å². The molecule has 2 atom stereocenters. The molecular weight excluding hydrogens is 240 g/mol. The van der Waals surface area contributed by atoms with Crippen molar-refractivity contribution in [1.82, 2.24) is 0 Å². The summed E-state index contributed by atoms with van der Waals surface area (Å²) in [5.74, 6) is -0.973. The highest BCUT2D eigenvalue weighted by Crippen LogP contribution is 2.39. The Morgan fingerprint density at radius 2 is 2.18 bits per heavy atom. The summed E-state index contributed by atoms with van der Waals surface area (Å²) in [5, 5.41) is 8.84. The molecule has 2 rings (SSSR count). The van der Waals surface area contributed by atoms with Crippen molar-refractivity contribution in [2.24, 2.45) is 10.7 Å². The zero-order valence-electron chi connectivity index (χ0n) is 9.46. The molecule has 92 valence electrons. The zero-order valence-corrected chi connectivity index (χ0v) is 10.3. The van der Waals surface area contributed by atoms with Gasteiger partial charge in [0.05, 0.1) is 5.69 Å². The molecule has 0 radical (unpaired) electrons. The number of aliphatic carboxylic acids is 1. The van der Waals surface area contributed by atoms with Crippen molar-refractivity contribution < 1.29 is 9.90 Å². The monoisotopic (exact) mass is 254 g/mol. The lowest BCUT2D eigenvalue weighted by Crippen LogP contribution is -2.38. The smallest absolute Gasteiger partial charge is 0.320 e. The van der Waals surface area contributed by atoms with Crippen LogP contribution in [0.4, 0.5) is 5.69 Å². The average Bonchev–Trinajstić information content (AvgIpc) is 2.57. The van der Waals surface area contributed by atoms with Crippen molar-refractivity contribution in [3.05, 3.63) is 29.8 Å². The molecule has 17 heavy (non-hydrogen) atoms. The number of carboxylic acids is 1. The molecule has 0 saturated carbocycles. The number of halogens is 1. The number of carbonyl (C=O) groups is 1. The largest absolute Gasteiger partial charge is 0.480 e. The average molecular weight is 255 g/mol. The van der Waals surface area contributed by atoms with Crippen LogP contribution < -0.4 is 5.73 Å². The molecule has 0 aliphatic carbocycles. The molecule has 4 nitrogen and oxygen atoms in total. The maximum atomic E-state index is 10.8. The second kappa shape index (κ2) is 4.85. The number of rotatable bonds is 3. The quantitative estimate of drug-likeness (QED) is 0.865. The standard InChI is InChI=1S/C12H14N2O2.ClH/c1-12(6-9(13)11(15)16)7-14-10-5-3-2-4-8(10)12;/h2-5,7,9H,6,13H2,1H3,(H,15,16);1H/t9-,12?;/m0./s1. The Labute approximate surface area is 106 Å². The highest BCUT2D eigenvalue weighted by Gasteiger charge is 2.34. The maximum Gasteiger partial charge on any atom is 0.320 e. The van der Waals surface area contributed by atoms with Gasteiger partial charge in [-0.05, 0) is 18.1 Å². The Kier molecular flexibility index (Phi) is 3.91. The molecule has 1 aliphatic heterocycles. The van der Waals surface area contributed by atoms with Gasteiger partial charge in [0.1, 0.15) is 6.04 Å². The minimum absolute atomic E-state index is 0. The number of nitrogens with zero attached hydrogens (tertiary/aromatic N) is 1. The molecule has 5 heteroatoms. The Hall–Kier alpha value is -1.39. The Morgan fingerprint density at radius 3 is 2.82 bits per heavy atom. The summed E-state index contributed by atoms with van der Waals surface area (Å²) in [6.07, 6.45) is 2.16. The number of carboxylic acid groups (broad SMARTS) is 1.